The van der Waals surface area contributed by atoms with Gasteiger partial charge in [0.2, 0.25) is 0 Å². The van der Waals surface area contributed by atoms with Crippen LogP contribution in [-0.2, 0) is 71.5 Å². The second kappa shape index (κ2) is 14.2. The molecule has 16 heteroatoms. The Kier molecular flexibility index (Phi) is 17.0. The number of carbonyl (C=O) groups excluding carboxylic acids is 6. The van der Waals surface area contributed by atoms with Gasteiger partial charge in [-0.15, -0.1) is 0 Å². The summed E-state index contributed by atoms with van der Waals surface area (Å²) in [6, 6.07) is 0. The molecule has 0 saturated heterocycles. The van der Waals surface area contributed by atoms with Gasteiger partial charge in [0.25, 0.3) is 0 Å². The molecule has 0 heterocycles. The first-order chi connectivity index (χ1) is 11.6. The Balaban J connectivity index is -0.000000192. The zero-order valence-corrected chi connectivity index (χ0v) is 16.9. The van der Waals surface area contributed by atoms with Gasteiger partial charge in [0.05, 0.1) is 11.9 Å². The van der Waals surface area contributed by atoms with Crippen molar-refractivity contribution in [2.24, 2.45) is 0 Å². The van der Waals surface area contributed by atoms with Crippen LogP contribution in [0, 0.1) is 0 Å². The monoisotopic (exact) mass is 526 g/mol. The summed E-state index contributed by atoms with van der Waals surface area (Å²) in [6.45, 7) is 0. The van der Waals surface area contributed by atoms with Crippen LogP contribution in [0.1, 0.15) is 25.7 Å². The van der Waals surface area contributed by atoms with Crippen molar-refractivity contribution in [3.8, 4) is 0 Å². The fourth-order valence-corrected chi connectivity index (χ4v) is 1.37. The summed E-state index contributed by atoms with van der Waals surface area (Å²) in [7, 11) is 0. The van der Waals surface area contributed by atoms with Crippen LogP contribution < -0.4 is 30.6 Å². The summed E-state index contributed by atoms with van der Waals surface area (Å²) in [4.78, 5) is 60.0. The smallest absolute Gasteiger partial charge is 0.550 e. The Bertz CT molecular complexity index is 519. The third kappa shape index (κ3) is 14.2. The van der Waals surface area contributed by atoms with Gasteiger partial charge in [0, 0.05) is 49.6 Å². The molecule has 2 N–H and O–H groups in total. The molecule has 0 bridgehead atoms. The third-order valence-electron chi connectivity index (χ3n) is 2.51. The van der Waals surface area contributed by atoms with E-state index in [9.17, 15) is 59.4 Å². The Morgan fingerprint density at radius 3 is 0.750 bits per heavy atom. The molecule has 0 aromatic rings. The molecule has 14 nitrogen and oxygen atoms in total. The Morgan fingerprint density at radius 2 is 0.679 bits per heavy atom. The van der Waals surface area contributed by atoms with Crippen LogP contribution in [0.4, 0.5) is 0 Å². The van der Waals surface area contributed by atoms with E-state index in [4.69, 9.17) is 10.2 Å². The summed E-state index contributed by atoms with van der Waals surface area (Å²) in [5.41, 5.74) is -5.95. The van der Waals surface area contributed by atoms with E-state index >= 15 is 0 Å². The summed E-state index contributed by atoms with van der Waals surface area (Å²) in [5.74, 6) is -12.0. The van der Waals surface area contributed by atoms with Crippen molar-refractivity contribution >= 4 is 35.8 Å². The second-order valence-corrected chi connectivity index (χ2v) is 4.83. The summed E-state index contributed by atoms with van der Waals surface area (Å²) < 4.78 is 0. The minimum absolute atomic E-state index is 0. The first-order valence-electron chi connectivity index (χ1n) is 6.23. The normalized spacial score (nSPS) is 10.1. The summed E-state index contributed by atoms with van der Waals surface area (Å²) in [6.07, 6.45) is -5.43. The number of rotatable bonds is 10. The molecule has 0 aromatic carbocycles. The molecule has 0 radical (unpaired) electrons. The van der Waals surface area contributed by atoms with E-state index in [1.54, 1.807) is 0 Å². The maximum Gasteiger partial charge on any atom is 4.00 e. The molecule has 0 rings (SSSR count). The van der Waals surface area contributed by atoms with Gasteiger partial charge < -0.3 is 69.6 Å². The number of aliphatic carboxylic acids is 6. The molecule has 0 spiro atoms. The molecule has 156 valence electrons. The number of hydrogen-bond donors (Lipinski definition) is 2. The fraction of sp³-hybridized carbons (Fsp3) is 0.500. The Labute approximate surface area is 184 Å². The zero-order chi connectivity index (χ0) is 21.3. The molecule has 0 fully saturated rings. The van der Waals surface area contributed by atoms with Crippen LogP contribution in [0.25, 0.3) is 0 Å². The first-order valence-corrected chi connectivity index (χ1v) is 6.23. The van der Waals surface area contributed by atoms with Crippen LogP contribution in [0.3, 0.4) is 0 Å². The van der Waals surface area contributed by atoms with Crippen LogP contribution in [-0.4, -0.2) is 57.2 Å². The van der Waals surface area contributed by atoms with E-state index in [1.165, 1.54) is 0 Å². The second-order valence-electron chi connectivity index (χ2n) is 4.83. The number of carboxylic acid groups (broad SMARTS) is 6. The molecular weight excluding hydrogens is 518 g/mol. The van der Waals surface area contributed by atoms with Crippen molar-refractivity contribution in [1.29, 1.82) is 0 Å². The predicted octanol–water partition coefficient (Wildman–Crippen LogP) is -10.5. The van der Waals surface area contributed by atoms with Crippen molar-refractivity contribution in [1.82, 2.24) is 0 Å². The third-order valence-corrected chi connectivity index (χ3v) is 2.51. The number of carboxylic acids is 6. The molecule has 0 aliphatic rings. The number of hydrogen-bond acceptors (Lipinski definition) is 14. The maximum absolute atomic E-state index is 10.1. The van der Waals surface area contributed by atoms with Gasteiger partial charge in [-0.25, -0.2) is 0 Å². The maximum atomic E-state index is 10.1. The summed E-state index contributed by atoms with van der Waals surface area (Å²) >= 11 is 0. The van der Waals surface area contributed by atoms with Crippen molar-refractivity contribution in [2.45, 2.75) is 36.9 Å². The average molecular weight is 528 g/mol. The molecule has 0 saturated carbocycles. The van der Waals surface area contributed by atoms with E-state index < -0.39 is 72.7 Å². The van der Waals surface area contributed by atoms with Gasteiger partial charge in [-0.3, -0.25) is 0 Å². The standard InChI is InChI=1S/2C6H8O7.Ni.Zr/c2*7-3(8)1-6(13,5(11)12)2-4(9)10;;/h2*13H,1-2H2,(H,7,8)(H,9,10)(H,11,12);;/q;;+2;+4/p-6. The van der Waals surface area contributed by atoms with Crippen LogP contribution in [0.15, 0.2) is 0 Å². The minimum Gasteiger partial charge on any atom is -0.550 e. The molecule has 0 aromatic heterocycles. The molecular formula is C12H10NiO14Zr. The predicted molar refractivity (Wildman–Crippen MR) is 58.4 cm³/mol. The Morgan fingerprint density at radius 1 is 0.536 bits per heavy atom. The average Bonchev–Trinajstić information content (AvgIpc) is 2.34. The van der Waals surface area contributed by atoms with Crippen molar-refractivity contribution in [3.63, 3.8) is 0 Å². The van der Waals surface area contributed by atoms with Crippen LogP contribution >= 0.6 is 0 Å². The summed E-state index contributed by atoms with van der Waals surface area (Å²) in [5, 5.41) is 77.9. The van der Waals surface area contributed by atoms with Crippen LogP contribution in [0.5, 0.6) is 0 Å². The SMILES string of the molecule is O=C([O-])CC(O)(CC(=O)[O-])C(=O)[O-].O=C([O-])CC(O)(CC(=O)[O-])C(=O)[O-].[Ni+2].[Zr+4]. The van der Waals surface area contributed by atoms with E-state index in [0.717, 1.165) is 0 Å². The molecule has 28 heavy (non-hydrogen) atoms. The first kappa shape index (κ1) is 33.7. The Hall–Kier alpha value is -1.88. The molecule has 0 atom stereocenters. The minimum atomic E-state index is -2.97. The van der Waals surface area contributed by atoms with E-state index in [-0.39, 0.29) is 42.7 Å². The molecule has 0 unspecified atom stereocenters. The largest absolute Gasteiger partial charge is 4.00 e. The molecule has 0 aliphatic heterocycles. The van der Waals surface area contributed by atoms with Gasteiger partial charge in [-0.1, -0.05) is 0 Å². The van der Waals surface area contributed by atoms with Gasteiger partial charge in [-0.2, -0.15) is 0 Å². The molecule has 0 amide bonds. The van der Waals surface area contributed by atoms with Gasteiger partial charge in [0.1, 0.15) is 11.2 Å². The van der Waals surface area contributed by atoms with Crippen molar-refractivity contribution in [3.05, 3.63) is 0 Å². The number of aliphatic hydroxyl groups is 2. The van der Waals surface area contributed by atoms with Crippen molar-refractivity contribution < 1.29 is 112 Å². The van der Waals surface area contributed by atoms with E-state index in [2.05, 4.69) is 0 Å². The fourth-order valence-electron chi connectivity index (χ4n) is 1.37. The number of carbonyl (C=O) groups is 6. The zero-order valence-electron chi connectivity index (χ0n) is 13.4. The molecule has 0 aliphatic carbocycles. The van der Waals surface area contributed by atoms with Gasteiger partial charge in [-0.05, 0) is 0 Å². The van der Waals surface area contributed by atoms with E-state index in [0.29, 0.717) is 0 Å². The van der Waals surface area contributed by atoms with E-state index in [1.807, 2.05) is 0 Å². The van der Waals surface area contributed by atoms with Crippen molar-refractivity contribution in [2.75, 3.05) is 0 Å². The quantitative estimate of drug-likeness (QED) is 0.249. The van der Waals surface area contributed by atoms with Gasteiger partial charge >= 0.3 is 42.7 Å². The van der Waals surface area contributed by atoms with Gasteiger partial charge in [0.15, 0.2) is 0 Å². The van der Waals surface area contributed by atoms with Crippen LogP contribution in [0.2, 0.25) is 0 Å². The topological polar surface area (TPSA) is 281 Å².